The number of fused-ring (bicyclic) bond motifs is 1. The zero-order chi connectivity index (χ0) is 12.6. The van der Waals surface area contributed by atoms with Crippen LogP contribution in [0.25, 0.3) is 0 Å². The van der Waals surface area contributed by atoms with Crippen LogP contribution in [-0.2, 0) is 4.79 Å². The molecule has 1 atom stereocenters. The molecule has 3 heteroatoms. The smallest absolute Gasteiger partial charge is 0.249 e. The van der Waals surface area contributed by atoms with E-state index in [0.717, 1.165) is 24.3 Å². The maximum atomic E-state index is 12.1. The number of amides is 1. The Morgan fingerprint density at radius 1 is 1.29 bits per heavy atom. The van der Waals surface area contributed by atoms with Crippen molar-refractivity contribution in [2.45, 2.75) is 40.2 Å². The summed E-state index contributed by atoms with van der Waals surface area (Å²) < 4.78 is 0. The van der Waals surface area contributed by atoms with Gasteiger partial charge in [-0.1, -0.05) is 6.92 Å². The molecule has 2 rings (SSSR count). The number of benzene rings is 1. The largest absolute Gasteiger partial charge is 0.372 e. The lowest BCUT2D eigenvalue weighted by Gasteiger charge is -2.34. The van der Waals surface area contributed by atoms with Crippen LogP contribution in [0.2, 0.25) is 0 Å². The van der Waals surface area contributed by atoms with Gasteiger partial charge in [-0.25, -0.2) is 0 Å². The number of aryl methyl sites for hydroxylation is 2. The summed E-state index contributed by atoms with van der Waals surface area (Å²) in [5.74, 6) is 0.169. The summed E-state index contributed by atoms with van der Waals surface area (Å²) in [6, 6.07) is 4.11. The Balaban J connectivity index is 2.50. The average molecular weight is 232 g/mol. The number of nitrogens with zero attached hydrogens (tertiary/aromatic N) is 1. The van der Waals surface area contributed by atoms with Crippen molar-refractivity contribution in [1.29, 1.82) is 0 Å². The zero-order valence-corrected chi connectivity index (χ0v) is 11.0. The Morgan fingerprint density at radius 2 is 1.94 bits per heavy atom. The number of carbonyl (C=O) groups is 1. The van der Waals surface area contributed by atoms with Gasteiger partial charge in [0.1, 0.15) is 6.04 Å². The number of hydrogen-bond acceptors (Lipinski definition) is 2. The van der Waals surface area contributed by atoms with Crippen molar-refractivity contribution in [2.75, 3.05) is 16.8 Å². The second-order valence-corrected chi connectivity index (χ2v) is 4.81. The van der Waals surface area contributed by atoms with E-state index in [1.807, 2.05) is 11.8 Å². The lowest BCUT2D eigenvalue weighted by Crippen LogP contribution is -2.46. The van der Waals surface area contributed by atoms with Gasteiger partial charge in [-0.15, -0.1) is 0 Å². The van der Waals surface area contributed by atoms with E-state index >= 15 is 0 Å². The van der Waals surface area contributed by atoms with Crippen LogP contribution >= 0.6 is 0 Å². The molecule has 17 heavy (non-hydrogen) atoms. The summed E-state index contributed by atoms with van der Waals surface area (Å²) >= 11 is 0. The van der Waals surface area contributed by atoms with Crippen LogP contribution in [0.4, 0.5) is 11.4 Å². The summed E-state index contributed by atoms with van der Waals surface area (Å²) in [6.07, 6.45) is 0.977. The third-order valence-electron chi connectivity index (χ3n) is 3.36. The molecule has 0 saturated heterocycles. The summed E-state index contributed by atoms with van der Waals surface area (Å²) in [5, 5.41) is 3.27. The van der Waals surface area contributed by atoms with Crippen LogP contribution in [0.5, 0.6) is 0 Å². The van der Waals surface area contributed by atoms with Crippen molar-refractivity contribution >= 4 is 17.3 Å². The van der Waals surface area contributed by atoms with E-state index in [2.05, 4.69) is 38.2 Å². The molecule has 1 unspecified atom stereocenters. The SMILES string of the molecule is CCCN1C(=O)C(C)Nc2cc(C)c(C)cc21. The summed E-state index contributed by atoms with van der Waals surface area (Å²) in [4.78, 5) is 14.0. The summed E-state index contributed by atoms with van der Waals surface area (Å²) in [5.41, 5.74) is 4.59. The highest BCUT2D eigenvalue weighted by atomic mass is 16.2. The van der Waals surface area contributed by atoms with E-state index in [-0.39, 0.29) is 11.9 Å². The van der Waals surface area contributed by atoms with Crippen LogP contribution in [0.3, 0.4) is 0 Å². The molecule has 1 aliphatic heterocycles. The van der Waals surface area contributed by atoms with Crippen molar-refractivity contribution in [2.24, 2.45) is 0 Å². The number of carbonyl (C=O) groups excluding carboxylic acids is 1. The van der Waals surface area contributed by atoms with Gasteiger partial charge in [0.05, 0.1) is 11.4 Å². The van der Waals surface area contributed by atoms with E-state index in [1.54, 1.807) is 0 Å². The van der Waals surface area contributed by atoms with Gasteiger partial charge in [0.2, 0.25) is 5.91 Å². The van der Waals surface area contributed by atoms with Crippen LogP contribution in [0.1, 0.15) is 31.4 Å². The maximum Gasteiger partial charge on any atom is 0.249 e. The highest BCUT2D eigenvalue weighted by Crippen LogP contribution is 2.34. The monoisotopic (exact) mass is 232 g/mol. The van der Waals surface area contributed by atoms with Crippen molar-refractivity contribution in [3.05, 3.63) is 23.3 Å². The molecule has 1 N–H and O–H groups in total. The third-order valence-corrected chi connectivity index (χ3v) is 3.36. The Hall–Kier alpha value is -1.51. The first kappa shape index (κ1) is 12.0. The predicted octanol–water partition coefficient (Wildman–Crippen LogP) is 2.86. The van der Waals surface area contributed by atoms with Gasteiger partial charge in [0, 0.05) is 6.54 Å². The molecular formula is C14H20N2O. The predicted molar refractivity (Wildman–Crippen MR) is 71.6 cm³/mol. The fraction of sp³-hybridized carbons (Fsp3) is 0.500. The van der Waals surface area contributed by atoms with Gasteiger partial charge in [-0.05, 0) is 50.5 Å². The molecule has 0 aliphatic carbocycles. The average Bonchev–Trinajstić information content (AvgIpc) is 2.28. The highest BCUT2D eigenvalue weighted by Gasteiger charge is 2.29. The first-order valence-corrected chi connectivity index (χ1v) is 6.23. The molecule has 1 amide bonds. The lowest BCUT2D eigenvalue weighted by atomic mass is 10.0. The lowest BCUT2D eigenvalue weighted by molar-refractivity contribution is -0.119. The summed E-state index contributed by atoms with van der Waals surface area (Å²) in [6.45, 7) is 9.00. The number of hydrogen-bond donors (Lipinski definition) is 1. The van der Waals surface area contributed by atoms with E-state index in [1.165, 1.54) is 11.1 Å². The molecular weight excluding hydrogens is 212 g/mol. The van der Waals surface area contributed by atoms with E-state index in [4.69, 9.17) is 0 Å². The number of anilines is 2. The van der Waals surface area contributed by atoms with Gasteiger partial charge in [0.15, 0.2) is 0 Å². The molecule has 92 valence electrons. The molecule has 0 aromatic heterocycles. The van der Waals surface area contributed by atoms with Crippen molar-refractivity contribution in [3.8, 4) is 0 Å². The molecule has 1 aromatic rings. The Morgan fingerprint density at radius 3 is 2.59 bits per heavy atom. The topological polar surface area (TPSA) is 32.3 Å². The molecule has 3 nitrogen and oxygen atoms in total. The van der Waals surface area contributed by atoms with Crippen molar-refractivity contribution in [1.82, 2.24) is 0 Å². The quantitative estimate of drug-likeness (QED) is 0.850. The molecule has 0 bridgehead atoms. The normalized spacial score (nSPS) is 18.9. The molecule has 1 aromatic carbocycles. The fourth-order valence-electron chi connectivity index (χ4n) is 2.24. The number of nitrogens with one attached hydrogen (secondary N) is 1. The van der Waals surface area contributed by atoms with Crippen LogP contribution in [0, 0.1) is 13.8 Å². The zero-order valence-electron chi connectivity index (χ0n) is 11.0. The second kappa shape index (κ2) is 4.40. The minimum Gasteiger partial charge on any atom is -0.372 e. The molecule has 0 radical (unpaired) electrons. The first-order valence-electron chi connectivity index (χ1n) is 6.23. The van der Waals surface area contributed by atoms with E-state index in [0.29, 0.717) is 0 Å². The summed E-state index contributed by atoms with van der Waals surface area (Å²) in [7, 11) is 0. The van der Waals surface area contributed by atoms with Gasteiger partial charge in [-0.3, -0.25) is 4.79 Å². The third kappa shape index (κ3) is 2.02. The van der Waals surface area contributed by atoms with Crippen molar-refractivity contribution in [3.63, 3.8) is 0 Å². The van der Waals surface area contributed by atoms with Crippen LogP contribution < -0.4 is 10.2 Å². The van der Waals surface area contributed by atoms with Crippen molar-refractivity contribution < 1.29 is 4.79 Å². The Kier molecular flexibility index (Phi) is 3.09. The number of rotatable bonds is 2. The standard InChI is InChI=1S/C14H20N2O/c1-5-6-16-13-8-10(3)9(2)7-12(13)15-11(4)14(16)17/h7-8,11,15H,5-6H2,1-4H3. The second-order valence-electron chi connectivity index (χ2n) is 4.81. The molecule has 1 aliphatic rings. The van der Waals surface area contributed by atoms with Gasteiger partial charge in [-0.2, -0.15) is 0 Å². The minimum absolute atomic E-state index is 0.129. The van der Waals surface area contributed by atoms with Crippen LogP contribution in [0.15, 0.2) is 12.1 Å². The fourth-order valence-corrected chi connectivity index (χ4v) is 2.24. The maximum absolute atomic E-state index is 12.1. The highest BCUT2D eigenvalue weighted by molar-refractivity contribution is 6.04. The van der Waals surface area contributed by atoms with Gasteiger partial charge in [0.25, 0.3) is 0 Å². The van der Waals surface area contributed by atoms with Crippen LogP contribution in [-0.4, -0.2) is 18.5 Å². The Labute approximate surface area is 103 Å². The van der Waals surface area contributed by atoms with Gasteiger partial charge >= 0.3 is 0 Å². The molecule has 0 saturated carbocycles. The minimum atomic E-state index is -0.129. The molecule has 1 heterocycles. The first-order chi connectivity index (χ1) is 8.04. The van der Waals surface area contributed by atoms with E-state index < -0.39 is 0 Å². The van der Waals surface area contributed by atoms with E-state index in [9.17, 15) is 4.79 Å². The Bertz CT molecular complexity index is 454. The molecule has 0 spiro atoms. The molecule has 0 fully saturated rings. The van der Waals surface area contributed by atoms with Gasteiger partial charge < -0.3 is 10.2 Å².